The van der Waals surface area contributed by atoms with E-state index in [1.807, 2.05) is 12.1 Å². The van der Waals surface area contributed by atoms with Crippen molar-refractivity contribution >= 4 is 6.09 Å². The Morgan fingerprint density at radius 3 is 2.00 bits per heavy atom. The number of primary amides is 1. The van der Waals surface area contributed by atoms with Gasteiger partial charge in [0.1, 0.15) is 6.10 Å². The van der Waals surface area contributed by atoms with Crippen LogP contribution in [0.15, 0.2) is 91.0 Å². The Labute approximate surface area is 181 Å². The summed E-state index contributed by atoms with van der Waals surface area (Å²) in [7, 11) is 0. The molecule has 2 aliphatic carbocycles. The zero-order valence-electron chi connectivity index (χ0n) is 16.9. The van der Waals surface area contributed by atoms with Gasteiger partial charge in [-0.2, -0.15) is 0 Å². The summed E-state index contributed by atoms with van der Waals surface area (Å²) >= 11 is 0. The van der Waals surface area contributed by atoms with Gasteiger partial charge in [-0.25, -0.2) is 4.79 Å². The minimum absolute atomic E-state index is 0.102. The fraction of sp³-hybridized carbons (Fsp3) is 0.107. The average molecular weight is 403 g/mol. The maximum absolute atomic E-state index is 12.1. The molecule has 2 N–H and O–H groups in total. The van der Waals surface area contributed by atoms with E-state index in [0.29, 0.717) is 0 Å². The van der Waals surface area contributed by atoms with E-state index in [0.717, 1.165) is 12.0 Å². The number of carbonyl (C=O) groups excluding carboxylic acids is 1. The van der Waals surface area contributed by atoms with E-state index < -0.39 is 12.2 Å². The molecule has 4 aromatic carbocycles. The van der Waals surface area contributed by atoms with Crippen molar-refractivity contribution < 1.29 is 9.53 Å². The Morgan fingerprint density at radius 1 is 0.742 bits per heavy atom. The molecule has 0 fully saturated rings. The van der Waals surface area contributed by atoms with Gasteiger partial charge < -0.3 is 10.5 Å². The fourth-order valence-electron chi connectivity index (χ4n) is 5.41. The van der Waals surface area contributed by atoms with Gasteiger partial charge in [-0.1, -0.05) is 91.0 Å². The van der Waals surface area contributed by atoms with Crippen molar-refractivity contribution in [3.05, 3.63) is 119 Å². The van der Waals surface area contributed by atoms with Gasteiger partial charge in [0.2, 0.25) is 0 Å². The molecule has 1 atom stereocenters. The summed E-state index contributed by atoms with van der Waals surface area (Å²) in [6, 6.07) is 31.5. The van der Waals surface area contributed by atoms with Crippen molar-refractivity contribution in [1.29, 1.82) is 0 Å². The molecule has 2 aliphatic rings. The maximum Gasteiger partial charge on any atom is 0.405 e. The summed E-state index contributed by atoms with van der Waals surface area (Å²) in [6.07, 6.45) is -0.414. The van der Waals surface area contributed by atoms with Crippen LogP contribution < -0.4 is 5.73 Å². The molecule has 3 nitrogen and oxygen atoms in total. The Hall–Kier alpha value is -3.85. The summed E-state index contributed by atoms with van der Waals surface area (Å²) in [4.78, 5) is 12.1. The average Bonchev–Trinajstić information content (AvgIpc) is 3.33. The van der Waals surface area contributed by atoms with Crippen LogP contribution in [0.5, 0.6) is 0 Å². The first kappa shape index (κ1) is 18.0. The first-order valence-electron chi connectivity index (χ1n) is 10.6. The minimum atomic E-state index is -0.750. The van der Waals surface area contributed by atoms with E-state index in [1.54, 1.807) is 0 Å². The van der Waals surface area contributed by atoms with Crippen LogP contribution in [0.25, 0.3) is 22.3 Å². The van der Waals surface area contributed by atoms with Crippen molar-refractivity contribution in [1.82, 2.24) is 0 Å². The quantitative estimate of drug-likeness (QED) is 0.389. The van der Waals surface area contributed by atoms with Crippen molar-refractivity contribution in [2.75, 3.05) is 0 Å². The van der Waals surface area contributed by atoms with Gasteiger partial charge in [0, 0.05) is 0 Å². The van der Waals surface area contributed by atoms with E-state index in [4.69, 9.17) is 10.5 Å². The predicted octanol–water partition coefficient (Wildman–Crippen LogP) is 6.21. The molecule has 6 rings (SSSR count). The van der Waals surface area contributed by atoms with Gasteiger partial charge in [-0.3, -0.25) is 0 Å². The Kier molecular flexibility index (Phi) is 3.97. The van der Waals surface area contributed by atoms with Gasteiger partial charge in [-0.05, 0) is 56.5 Å². The summed E-state index contributed by atoms with van der Waals surface area (Å²) in [5.41, 5.74) is 16.3. The number of hydrogen-bond acceptors (Lipinski definition) is 2. The van der Waals surface area contributed by atoms with Gasteiger partial charge in [0.15, 0.2) is 0 Å². The van der Waals surface area contributed by atoms with Crippen LogP contribution in [0, 0.1) is 0 Å². The predicted molar refractivity (Wildman–Crippen MR) is 122 cm³/mol. The SMILES string of the molecule is NC(=O)OC(c1cccc2c1Cc1ccccc1-2)C1c2ccccc2-c2ccccc21. The lowest BCUT2D eigenvalue weighted by molar-refractivity contribution is 0.0970. The molecular weight excluding hydrogens is 382 g/mol. The summed E-state index contributed by atoms with van der Waals surface area (Å²) < 4.78 is 5.90. The monoisotopic (exact) mass is 403 g/mol. The summed E-state index contributed by atoms with van der Waals surface area (Å²) in [6.45, 7) is 0. The standard InChI is InChI=1S/C28H21NO2/c29-28(30)31-27(24-15-7-14-19-18-9-2-1-8-17(18)16-25(19)24)26-22-12-5-3-10-20(22)21-11-4-6-13-23(21)26/h1-15,26-27H,16H2,(H2,29,30). The summed E-state index contributed by atoms with van der Waals surface area (Å²) in [5, 5.41) is 0. The molecule has 0 heterocycles. The number of nitrogens with two attached hydrogens (primary N) is 1. The highest BCUT2D eigenvalue weighted by Gasteiger charge is 2.39. The molecule has 0 bridgehead atoms. The highest BCUT2D eigenvalue weighted by Crippen LogP contribution is 2.53. The molecule has 1 unspecified atom stereocenters. The smallest absolute Gasteiger partial charge is 0.405 e. The Morgan fingerprint density at radius 2 is 1.32 bits per heavy atom. The van der Waals surface area contributed by atoms with Crippen LogP contribution in [0.3, 0.4) is 0 Å². The second-order valence-corrected chi connectivity index (χ2v) is 8.22. The first-order valence-corrected chi connectivity index (χ1v) is 10.6. The van der Waals surface area contributed by atoms with E-state index in [9.17, 15) is 4.79 Å². The number of carbonyl (C=O) groups is 1. The van der Waals surface area contributed by atoms with Gasteiger partial charge in [-0.15, -0.1) is 0 Å². The number of rotatable bonds is 3. The lowest BCUT2D eigenvalue weighted by atomic mass is 9.84. The lowest BCUT2D eigenvalue weighted by Gasteiger charge is -2.27. The Balaban J connectivity index is 1.56. The number of benzene rings is 4. The van der Waals surface area contributed by atoms with Crippen molar-refractivity contribution in [3.8, 4) is 22.3 Å². The number of fused-ring (bicyclic) bond motifs is 6. The number of ether oxygens (including phenoxy) is 1. The van der Waals surface area contributed by atoms with E-state index >= 15 is 0 Å². The molecule has 31 heavy (non-hydrogen) atoms. The van der Waals surface area contributed by atoms with Gasteiger partial charge >= 0.3 is 6.09 Å². The molecule has 3 heteroatoms. The van der Waals surface area contributed by atoms with Gasteiger partial charge in [0.25, 0.3) is 0 Å². The number of hydrogen-bond donors (Lipinski definition) is 1. The van der Waals surface area contributed by atoms with Crippen LogP contribution in [-0.2, 0) is 11.2 Å². The molecule has 1 amide bonds. The lowest BCUT2D eigenvalue weighted by Crippen LogP contribution is -2.23. The van der Waals surface area contributed by atoms with Crippen LogP contribution >= 0.6 is 0 Å². The zero-order valence-corrected chi connectivity index (χ0v) is 16.9. The highest BCUT2D eigenvalue weighted by molar-refractivity contribution is 5.81. The molecule has 0 radical (unpaired) electrons. The molecule has 0 aliphatic heterocycles. The third-order valence-electron chi connectivity index (χ3n) is 6.62. The van der Waals surface area contributed by atoms with Crippen LogP contribution in [0.4, 0.5) is 4.79 Å². The van der Waals surface area contributed by atoms with Crippen LogP contribution in [0.1, 0.15) is 39.8 Å². The minimum Gasteiger partial charge on any atom is -0.440 e. The molecule has 0 aromatic heterocycles. The van der Waals surface area contributed by atoms with E-state index in [1.165, 1.54) is 44.5 Å². The molecule has 0 saturated heterocycles. The third-order valence-corrected chi connectivity index (χ3v) is 6.62. The molecule has 4 aromatic rings. The maximum atomic E-state index is 12.1. The number of amides is 1. The normalized spacial score (nSPS) is 14.3. The van der Waals surface area contributed by atoms with Crippen molar-refractivity contribution in [3.63, 3.8) is 0 Å². The second kappa shape index (κ2) is 6.85. The van der Waals surface area contributed by atoms with Crippen molar-refractivity contribution in [2.24, 2.45) is 5.73 Å². The van der Waals surface area contributed by atoms with Gasteiger partial charge in [0.05, 0.1) is 5.92 Å². The first-order chi connectivity index (χ1) is 15.2. The highest BCUT2D eigenvalue weighted by atomic mass is 16.6. The largest absolute Gasteiger partial charge is 0.440 e. The molecule has 150 valence electrons. The van der Waals surface area contributed by atoms with Crippen molar-refractivity contribution in [2.45, 2.75) is 18.4 Å². The van der Waals surface area contributed by atoms with E-state index in [2.05, 4.69) is 78.9 Å². The summed E-state index contributed by atoms with van der Waals surface area (Å²) in [5.74, 6) is -0.102. The third kappa shape index (κ3) is 2.70. The second-order valence-electron chi connectivity index (χ2n) is 8.22. The topological polar surface area (TPSA) is 52.3 Å². The van der Waals surface area contributed by atoms with Crippen LogP contribution in [-0.4, -0.2) is 6.09 Å². The molecule has 0 spiro atoms. The fourth-order valence-corrected chi connectivity index (χ4v) is 5.41. The van der Waals surface area contributed by atoms with E-state index in [-0.39, 0.29) is 5.92 Å². The zero-order chi connectivity index (χ0) is 20.9. The molecular formula is C28H21NO2. The van der Waals surface area contributed by atoms with Crippen LogP contribution in [0.2, 0.25) is 0 Å². The molecule has 0 saturated carbocycles. The Bertz CT molecular complexity index is 1290.